The molecule has 0 unspecified atom stereocenters. The van der Waals surface area contributed by atoms with E-state index in [9.17, 15) is 4.79 Å². The van der Waals surface area contributed by atoms with Gasteiger partial charge < -0.3 is 19.6 Å². The van der Waals surface area contributed by atoms with Crippen LogP contribution in [0.4, 0.5) is 10.6 Å². The molecule has 0 saturated carbocycles. The first-order valence-electron chi connectivity index (χ1n) is 5.55. The molecule has 7 heteroatoms. The number of anilines is 1. The SMILES string of the molecule is COc1ccc(Br)c(N2CCN(C(=O)O)CC2)n1. The van der Waals surface area contributed by atoms with E-state index in [0.717, 1.165) is 10.3 Å². The summed E-state index contributed by atoms with van der Waals surface area (Å²) in [6.45, 7) is 2.23. The molecule has 0 bridgehead atoms. The Balaban J connectivity index is 2.11. The lowest BCUT2D eigenvalue weighted by Gasteiger charge is -2.34. The molecule has 6 nitrogen and oxygen atoms in total. The Kier molecular flexibility index (Phi) is 3.90. The standard InChI is InChI=1S/C11H14BrN3O3/c1-18-9-3-2-8(12)10(13-9)14-4-6-15(7-5-14)11(16)17/h2-3H,4-7H2,1H3,(H,16,17). The number of carbonyl (C=O) groups is 1. The van der Waals surface area contributed by atoms with E-state index in [1.165, 1.54) is 4.90 Å². The molecule has 1 amide bonds. The van der Waals surface area contributed by atoms with Gasteiger partial charge in [-0.2, -0.15) is 4.98 Å². The molecule has 1 fully saturated rings. The van der Waals surface area contributed by atoms with Crippen LogP contribution >= 0.6 is 15.9 Å². The van der Waals surface area contributed by atoms with Crippen molar-refractivity contribution in [3.63, 3.8) is 0 Å². The minimum atomic E-state index is -0.868. The van der Waals surface area contributed by atoms with Crippen LogP contribution in [-0.4, -0.2) is 54.4 Å². The van der Waals surface area contributed by atoms with Crippen LogP contribution in [-0.2, 0) is 0 Å². The number of halogens is 1. The smallest absolute Gasteiger partial charge is 0.407 e. The number of amides is 1. The number of carboxylic acid groups (broad SMARTS) is 1. The lowest BCUT2D eigenvalue weighted by Crippen LogP contribution is -2.48. The third-order valence-electron chi connectivity index (χ3n) is 2.86. The normalized spacial score (nSPS) is 15.7. The van der Waals surface area contributed by atoms with Crippen molar-refractivity contribution in [3.8, 4) is 5.88 Å². The maximum Gasteiger partial charge on any atom is 0.407 e. The summed E-state index contributed by atoms with van der Waals surface area (Å²) in [6.07, 6.45) is -0.868. The summed E-state index contributed by atoms with van der Waals surface area (Å²) in [4.78, 5) is 18.7. The van der Waals surface area contributed by atoms with E-state index >= 15 is 0 Å². The maximum atomic E-state index is 10.8. The number of nitrogens with zero attached hydrogens (tertiary/aromatic N) is 3. The van der Waals surface area contributed by atoms with Gasteiger partial charge in [-0.05, 0) is 22.0 Å². The van der Waals surface area contributed by atoms with Crippen molar-refractivity contribution in [3.05, 3.63) is 16.6 Å². The van der Waals surface area contributed by atoms with Gasteiger partial charge in [-0.1, -0.05) is 0 Å². The second kappa shape index (κ2) is 5.43. The summed E-state index contributed by atoms with van der Waals surface area (Å²) in [7, 11) is 1.57. The zero-order valence-electron chi connectivity index (χ0n) is 9.97. The topological polar surface area (TPSA) is 65.9 Å². The summed E-state index contributed by atoms with van der Waals surface area (Å²) in [6, 6.07) is 3.66. The van der Waals surface area contributed by atoms with Crippen molar-refractivity contribution in [2.75, 3.05) is 38.2 Å². The molecule has 2 heterocycles. The van der Waals surface area contributed by atoms with Crippen LogP contribution in [0, 0.1) is 0 Å². The van der Waals surface area contributed by atoms with Crippen LogP contribution < -0.4 is 9.64 Å². The number of hydrogen-bond donors (Lipinski definition) is 1. The summed E-state index contributed by atoms with van der Waals surface area (Å²) >= 11 is 3.45. The van der Waals surface area contributed by atoms with E-state index in [4.69, 9.17) is 9.84 Å². The average molecular weight is 316 g/mol. The first-order chi connectivity index (χ1) is 8.61. The monoisotopic (exact) mass is 315 g/mol. The van der Waals surface area contributed by atoms with Crippen molar-refractivity contribution in [1.29, 1.82) is 0 Å². The van der Waals surface area contributed by atoms with E-state index in [0.29, 0.717) is 32.1 Å². The zero-order valence-corrected chi connectivity index (χ0v) is 11.6. The molecule has 1 aliphatic heterocycles. The number of ether oxygens (including phenoxy) is 1. The lowest BCUT2D eigenvalue weighted by atomic mass is 10.3. The molecule has 2 rings (SSSR count). The quantitative estimate of drug-likeness (QED) is 0.899. The number of hydrogen-bond acceptors (Lipinski definition) is 4. The predicted octanol–water partition coefficient (Wildman–Crippen LogP) is 1.65. The molecular weight excluding hydrogens is 302 g/mol. The molecule has 0 radical (unpaired) electrons. The fourth-order valence-corrected chi connectivity index (χ4v) is 2.33. The third kappa shape index (κ3) is 2.66. The Bertz CT molecular complexity index is 447. The van der Waals surface area contributed by atoms with Crippen LogP contribution in [0.25, 0.3) is 0 Å². The highest BCUT2D eigenvalue weighted by atomic mass is 79.9. The summed E-state index contributed by atoms with van der Waals surface area (Å²) in [5.41, 5.74) is 0. The van der Waals surface area contributed by atoms with Gasteiger partial charge in [0, 0.05) is 32.2 Å². The maximum absolute atomic E-state index is 10.8. The van der Waals surface area contributed by atoms with E-state index in [1.54, 1.807) is 13.2 Å². The fourth-order valence-electron chi connectivity index (χ4n) is 1.86. The van der Waals surface area contributed by atoms with Gasteiger partial charge in [0.2, 0.25) is 5.88 Å². The fraction of sp³-hybridized carbons (Fsp3) is 0.455. The lowest BCUT2D eigenvalue weighted by molar-refractivity contribution is 0.142. The highest BCUT2D eigenvalue weighted by Gasteiger charge is 2.22. The van der Waals surface area contributed by atoms with Gasteiger partial charge in [-0.15, -0.1) is 0 Å². The Morgan fingerprint density at radius 2 is 2.06 bits per heavy atom. The van der Waals surface area contributed by atoms with Crippen LogP contribution in [0.15, 0.2) is 16.6 Å². The van der Waals surface area contributed by atoms with Crippen LogP contribution in [0.3, 0.4) is 0 Å². The van der Waals surface area contributed by atoms with E-state index in [2.05, 4.69) is 20.9 Å². The van der Waals surface area contributed by atoms with Gasteiger partial charge in [0.05, 0.1) is 11.6 Å². The van der Waals surface area contributed by atoms with Gasteiger partial charge >= 0.3 is 6.09 Å². The van der Waals surface area contributed by atoms with Gasteiger partial charge in [0.1, 0.15) is 5.82 Å². The number of rotatable bonds is 2. The van der Waals surface area contributed by atoms with Gasteiger partial charge in [0.15, 0.2) is 0 Å². The first-order valence-corrected chi connectivity index (χ1v) is 6.34. The van der Waals surface area contributed by atoms with Crippen LogP contribution in [0.5, 0.6) is 5.88 Å². The molecule has 0 atom stereocenters. The van der Waals surface area contributed by atoms with E-state index < -0.39 is 6.09 Å². The molecule has 1 aromatic heterocycles. The number of aromatic nitrogens is 1. The Hall–Kier alpha value is -1.50. The Morgan fingerprint density at radius 3 is 2.61 bits per heavy atom. The number of pyridine rings is 1. The zero-order chi connectivity index (χ0) is 13.1. The molecule has 98 valence electrons. The highest BCUT2D eigenvalue weighted by Crippen LogP contribution is 2.27. The Morgan fingerprint density at radius 1 is 1.39 bits per heavy atom. The minimum Gasteiger partial charge on any atom is -0.481 e. The molecular formula is C11H14BrN3O3. The molecule has 1 N–H and O–H groups in total. The second-order valence-electron chi connectivity index (χ2n) is 3.92. The minimum absolute atomic E-state index is 0.487. The van der Waals surface area contributed by atoms with Crippen molar-refractivity contribution in [1.82, 2.24) is 9.88 Å². The van der Waals surface area contributed by atoms with Crippen molar-refractivity contribution < 1.29 is 14.6 Å². The first kappa shape index (κ1) is 12.9. The summed E-state index contributed by atoms with van der Waals surface area (Å²) in [5, 5.41) is 8.89. The van der Waals surface area contributed by atoms with Crippen molar-refractivity contribution in [2.45, 2.75) is 0 Å². The molecule has 1 aromatic rings. The largest absolute Gasteiger partial charge is 0.481 e. The van der Waals surface area contributed by atoms with Crippen LogP contribution in [0.1, 0.15) is 0 Å². The molecule has 0 spiro atoms. The number of methoxy groups -OCH3 is 1. The van der Waals surface area contributed by atoms with Crippen LogP contribution in [0.2, 0.25) is 0 Å². The molecule has 18 heavy (non-hydrogen) atoms. The summed E-state index contributed by atoms with van der Waals surface area (Å²) < 4.78 is 5.98. The third-order valence-corrected chi connectivity index (χ3v) is 3.48. The van der Waals surface area contributed by atoms with E-state index in [1.807, 2.05) is 11.0 Å². The molecule has 0 aliphatic carbocycles. The predicted molar refractivity (Wildman–Crippen MR) is 70.3 cm³/mol. The highest BCUT2D eigenvalue weighted by molar-refractivity contribution is 9.10. The van der Waals surface area contributed by atoms with Gasteiger partial charge in [-0.25, -0.2) is 4.79 Å². The molecule has 1 saturated heterocycles. The van der Waals surface area contributed by atoms with Gasteiger partial charge in [0.25, 0.3) is 0 Å². The molecule has 1 aliphatic rings. The summed E-state index contributed by atoms with van der Waals surface area (Å²) in [5.74, 6) is 1.34. The Labute approximate surface area is 113 Å². The molecule has 0 aromatic carbocycles. The van der Waals surface area contributed by atoms with E-state index in [-0.39, 0.29) is 0 Å². The average Bonchev–Trinajstić information content (AvgIpc) is 2.39. The van der Waals surface area contributed by atoms with Gasteiger partial charge in [-0.3, -0.25) is 0 Å². The number of piperazine rings is 1. The van der Waals surface area contributed by atoms with Crippen molar-refractivity contribution >= 4 is 27.8 Å². The van der Waals surface area contributed by atoms with Crippen molar-refractivity contribution in [2.24, 2.45) is 0 Å². The second-order valence-corrected chi connectivity index (χ2v) is 4.77.